The Morgan fingerprint density at radius 2 is 1.81 bits per heavy atom. The molecule has 2 aliphatic carbocycles. The molecule has 16 heavy (non-hydrogen) atoms. The zero-order valence-electron chi connectivity index (χ0n) is 9.67. The third-order valence-corrected chi connectivity index (χ3v) is 4.11. The first-order valence-electron chi connectivity index (χ1n) is 6.50. The van der Waals surface area contributed by atoms with E-state index in [9.17, 15) is 4.79 Å². The molecular weight excluding hydrogens is 196 g/mol. The van der Waals surface area contributed by atoms with Crippen LogP contribution in [0.25, 0.3) is 0 Å². The fourth-order valence-corrected chi connectivity index (χ4v) is 3.18. The number of aryl methyl sites for hydroxylation is 1. The molecule has 0 heterocycles. The van der Waals surface area contributed by atoms with Gasteiger partial charge in [0.15, 0.2) is 5.78 Å². The lowest BCUT2D eigenvalue weighted by Crippen LogP contribution is -2.11. The van der Waals surface area contributed by atoms with Gasteiger partial charge >= 0.3 is 0 Å². The highest BCUT2D eigenvalue weighted by molar-refractivity contribution is 5.98. The summed E-state index contributed by atoms with van der Waals surface area (Å²) in [6, 6.07) is 6.57. The first kappa shape index (κ1) is 10.1. The van der Waals surface area contributed by atoms with E-state index in [1.807, 2.05) is 0 Å². The van der Waals surface area contributed by atoms with Crippen molar-refractivity contribution in [3.63, 3.8) is 0 Å². The van der Waals surface area contributed by atoms with E-state index < -0.39 is 0 Å². The normalized spacial score (nSPS) is 21.1. The van der Waals surface area contributed by atoms with Crippen molar-refractivity contribution in [2.45, 2.75) is 50.9 Å². The smallest absolute Gasteiger partial charge is 0.163 e. The summed E-state index contributed by atoms with van der Waals surface area (Å²) in [7, 11) is 0. The summed E-state index contributed by atoms with van der Waals surface area (Å²) in [5, 5.41) is 0. The third kappa shape index (κ3) is 1.68. The highest BCUT2D eigenvalue weighted by Gasteiger charge is 2.21. The molecule has 0 radical (unpaired) electrons. The molecule has 1 fully saturated rings. The van der Waals surface area contributed by atoms with E-state index in [0.717, 1.165) is 30.7 Å². The Kier molecular flexibility index (Phi) is 2.55. The number of fused-ring (bicyclic) bond motifs is 1. The lowest BCUT2D eigenvalue weighted by molar-refractivity contribution is 0.0972. The molecule has 84 valence electrons. The second-order valence-electron chi connectivity index (χ2n) is 5.17. The van der Waals surface area contributed by atoms with E-state index in [0.29, 0.717) is 5.78 Å². The largest absolute Gasteiger partial charge is 0.294 e. The molecule has 0 aromatic heterocycles. The molecule has 0 N–H and O–H groups in total. The molecular formula is C15H18O. The van der Waals surface area contributed by atoms with Crippen LogP contribution in [0.4, 0.5) is 0 Å². The summed E-state index contributed by atoms with van der Waals surface area (Å²) in [4.78, 5) is 11.7. The van der Waals surface area contributed by atoms with Crippen LogP contribution in [-0.4, -0.2) is 5.78 Å². The van der Waals surface area contributed by atoms with Crippen LogP contribution in [0.3, 0.4) is 0 Å². The number of rotatable bonds is 1. The van der Waals surface area contributed by atoms with Crippen LogP contribution in [0, 0.1) is 0 Å². The van der Waals surface area contributed by atoms with E-state index in [1.54, 1.807) is 0 Å². The summed E-state index contributed by atoms with van der Waals surface area (Å²) in [6.45, 7) is 0. The van der Waals surface area contributed by atoms with Crippen LogP contribution < -0.4 is 0 Å². The fourth-order valence-electron chi connectivity index (χ4n) is 3.18. The lowest BCUT2D eigenvalue weighted by atomic mass is 9.86. The fraction of sp³-hybridized carbons (Fsp3) is 0.533. The average Bonchev–Trinajstić information content (AvgIpc) is 2.82. The van der Waals surface area contributed by atoms with Crippen LogP contribution >= 0.6 is 0 Å². The van der Waals surface area contributed by atoms with Gasteiger partial charge in [0.05, 0.1) is 0 Å². The predicted molar refractivity (Wildman–Crippen MR) is 64.9 cm³/mol. The Balaban J connectivity index is 1.94. The molecule has 0 unspecified atom stereocenters. The Labute approximate surface area is 96.9 Å². The highest BCUT2D eigenvalue weighted by Crippen LogP contribution is 2.35. The molecule has 0 atom stereocenters. The van der Waals surface area contributed by atoms with E-state index >= 15 is 0 Å². The van der Waals surface area contributed by atoms with E-state index in [2.05, 4.69) is 18.2 Å². The monoisotopic (exact) mass is 214 g/mol. The highest BCUT2D eigenvalue weighted by atomic mass is 16.1. The van der Waals surface area contributed by atoms with E-state index in [-0.39, 0.29) is 0 Å². The molecule has 0 amide bonds. The van der Waals surface area contributed by atoms with Gasteiger partial charge in [-0.15, -0.1) is 0 Å². The van der Waals surface area contributed by atoms with Crippen LogP contribution in [0.15, 0.2) is 18.2 Å². The average molecular weight is 214 g/mol. The molecule has 1 heteroatoms. The van der Waals surface area contributed by atoms with Gasteiger partial charge in [0.25, 0.3) is 0 Å². The van der Waals surface area contributed by atoms with Crippen molar-refractivity contribution >= 4 is 5.78 Å². The molecule has 3 rings (SSSR count). The predicted octanol–water partition coefficient (Wildman–Crippen LogP) is 3.86. The minimum absolute atomic E-state index is 0.347. The van der Waals surface area contributed by atoms with E-state index in [4.69, 9.17) is 0 Å². The van der Waals surface area contributed by atoms with Crippen molar-refractivity contribution in [1.29, 1.82) is 0 Å². The van der Waals surface area contributed by atoms with Gasteiger partial charge in [-0.1, -0.05) is 31.0 Å². The number of benzene rings is 1. The molecule has 1 nitrogen and oxygen atoms in total. The van der Waals surface area contributed by atoms with Gasteiger partial charge in [0, 0.05) is 12.0 Å². The maximum Gasteiger partial charge on any atom is 0.163 e. The molecule has 2 aliphatic rings. The van der Waals surface area contributed by atoms with Crippen LogP contribution in [-0.2, 0) is 6.42 Å². The Bertz CT molecular complexity index is 413. The third-order valence-electron chi connectivity index (χ3n) is 4.11. The quantitative estimate of drug-likeness (QED) is 0.693. The molecule has 0 saturated heterocycles. The van der Waals surface area contributed by atoms with Crippen molar-refractivity contribution in [3.8, 4) is 0 Å². The minimum atomic E-state index is 0.347. The van der Waals surface area contributed by atoms with Crippen molar-refractivity contribution in [2.24, 2.45) is 0 Å². The number of ketones is 1. The van der Waals surface area contributed by atoms with Crippen molar-refractivity contribution in [1.82, 2.24) is 0 Å². The maximum absolute atomic E-state index is 11.7. The van der Waals surface area contributed by atoms with Gasteiger partial charge < -0.3 is 0 Å². The minimum Gasteiger partial charge on any atom is -0.294 e. The lowest BCUT2D eigenvalue weighted by Gasteiger charge is -2.17. The van der Waals surface area contributed by atoms with Crippen LogP contribution in [0.2, 0.25) is 0 Å². The zero-order valence-corrected chi connectivity index (χ0v) is 9.67. The van der Waals surface area contributed by atoms with Gasteiger partial charge in [-0.2, -0.15) is 0 Å². The first-order valence-corrected chi connectivity index (χ1v) is 6.50. The van der Waals surface area contributed by atoms with Crippen LogP contribution in [0.5, 0.6) is 0 Å². The van der Waals surface area contributed by atoms with Gasteiger partial charge in [0.2, 0.25) is 0 Å². The second kappa shape index (κ2) is 4.04. The molecule has 1 aromatic rings. The molecule has 1 saturated carbocycles. The zero-order chi connectivity index (χ0) is 11.0. The summed E-state index contributed by atoms with van der Waals surface area (Å²) < 4.78 is 0. The summed E-state index contributed by atoms with van der Waals surface area (Å²) in [5.41, 5.74) is 3.78. The first-order chi connectivity index (χ1) is 7.84. The van der Waals surface area contributed by atoms with Crippen LogP contribution in [0.1, 0.15) is 65.9 Å². The van der Waals surface area contributed by atoms with Gasteiger partial charge in [-0.25, -0.2) is 0 Å². The van der Waals surface area contributed by atoms with Crippen molar-refractivity contribution in [2.75, 3.05) is 0 Å². The van der Waals surface area contributed by atoms with E-state index in [1.165, 1.54) is 36.8 Å². The van der Waals surface area contributed by atoms with Crippen molar-refractivity contribution < 1.29 is 4.79 Å². The summed E-state index contributed by atoms with van der Waals surface area (Å²) in [6.07, 6.45) is 8.32. The van der Waals surface area contributed by atoms with Gasteiger partial charge in [-0.05, 0) is 42.7 Å². The number of hydrogen-bond acceptors (Lipinski definition) is 1. The number of carbonyl (C=O) groups is 1. The SMILES string of the molecule is O=C1CCCc2cc(C3CCCC3)ccc21. The number of Topliss-reactive ketones (excluding diaryl/α,β-unsaturated/α-hetero) is 1. The molecule has 0 aliphatic heterocycles. The number of carbonyl (C=O) groups excluding carboxylic acids is 1. The molecule has 1 aromatic carbocycles. The van der Waals surface area contributed by atoms with Gasteiger partial charge in [0.1, 0.15) is 0 Å². The second-order valence-corrected chi connectivity index (χ2v) is 5.17. The van der Waals surface area contributed by atoms with Crippen molar-refractivity contribution in [3.05, 3.63) is 34.9 Å². The molecule has 0 bridgehead atoms. The Morgan fingerprint density at radius 1 is 1.00 bits per heavy atom. The summed E-state index contributed by atoms with van der Waals surface area (Å²) >= 11 is 0. The summed E-state index contributed by atoms with van der Waals surface area (Å²) in [5.74, 6) is 1.11. The maximum atomic E-state index is 11.7. The standard InChI is InChI=1S/C15H18O/c16-15-7-3-6-13-10-12(8-9-14(13)15)11-4-1-2-5-11/h8-11H,1-7H2. The van der Waals surface area contributed by atoms with Gasteiger partial charge in [-0.3, -0.25) is 4.79 Å². The molecule has 0 spiro atoms. The topological polar surface area (TPSA) is 17.1 Å². The Hall–Kier alpha value is -1.11. The number of hydrogen-bond donors (Lipinski definition) is 0. The Morgan fingerprint density at radius 3 is 2.62 bits per heavy atom.